The van der Waals surface area contributed by atoms with Gasteiger partial charge in [0, 0.05) is 0 Å². The van der Waals surface area contributed by atoms with E-state index in [-0.39, 0.29) is 6.42 Å². The van der Waals surface area contributed by atoms with Crippen LogP contribution < -0.4 is 0 Å². The number of hydrogen-bond donors (Lipinski definition) is 5. The molecule has 1 unspecified atom stereocenters. The van der Waals surface area contributed by atoms with Crippen LogP contribution in [0, 0.1) is 11.8 Å². The molecule has 0 aromatic rings. The lowest BCUT2D eigenvalue weighted by Crippen LogP contribution is -2.47. The van der Waals surface area contributed by atoms with Crippen molar-refractivity contribution in [1.82, 2.24) is 0 Å². The summed E-state index contributed by atoms with van der Waals surface area (Å²) in [5.41, 5.74) is 1.11. The minimum atomic E-state index is -1.73. The molecule has 5 atom stereocenters. The Balaban J connectivity index is 4.05. The summed E-state index contributed by atoms with van der Waals surface area (Å²) in [6.07, 6.45) is 2.24. The average Bonchev–Trinajstić information content (AvgIpc) is 2.68. The van der Waals surface area contributed by atoms with Gasteiger partial charge in [-0.15, -0.1) is 0 Å². The lowest BCUT2D eigenvalue weighted by molar-refractivity contribution is -0.155. The highest BCUT2D eigenvalue weighted by atomic mass is 16.5. The van der Waals surface area contributed by atoms with Crippen LogP contribution >= 0.6 is 0 Å². The molecular weight excluding hydrogens is 376 g/mol. The van der Waals surface area contributed by atoms with E-state index < -0.39 is 43.6 Å². The topological polar surface area (TPSA) is 127 Å². The van der Waals surface area contributed by atoms with E-state index in [0.29, 0.717) is 5.92 Å². The first kappa shape index (κ1) is 28.0. The van der Waals surface area contributed by atoms with E-state index in [4.69, 9.17) is 9.84 Å². The molecule has 0 aromatic carbocycles. The number of esters is 1. The number of hydrogen-bond acceptors (Lipinski definition) is 7. The van der Waals surface area contributed by atoms with Crippen molar-refractivity contribution in [2.24, 2.45) is 11.8 Å². The van der Waals surface area contributed by atoms with Crippen molar-refractivity contribution >= 4 is 5.97 Å². The normalized spacial score (nSPS) is 17.7. The van der Waals surface area contributed by atoms with Gasteiger partial charge in [-0.3, -0.25) is 4.79 Å². The van der Waals surface area contributed by atoms with Crippen LogP contribution in [0.1, 0.15) is 72.6 Å². The highest BCUT2D eigenvalue weighted by molar-refractivity contribution is 5.71. The predicted molar refractivity (Wildman–Crippen MR) is 112 cm³/mol. The summed E-state index contributed by atoms with van der Waals surface area (Å²) in [6.45, 7) is 7.49. The number of carbonyl (C=O) groups is 1. The van der Waals surface area contributed by atoms with Crippen LogP contribution in [-0.2, 0) is 9.53 Å². The second-order valence-electron chi connectivity index (χ2n) is 8.56. The Morgan fingerprint density at radius 1 is 0.931 bits per heavy atom. The SMILES string of the molecule is C/C(=C\CC(=O)OC[C@H](O)[C@H](O)[C@@H](O)[C@@H](O)CO)CCCC(C)CCCC(C)C. The van der Waals surface area contributed by atoms with E-state index in [1.165, 1.54) is 25.7 Å². The summed E-state index contributed by atoms with van der Waals surface area (Å²) in [5.74, 6) is 0.919. The Morgan fingerprint density at radius 3 is 2.10 bits per heavy atom. The lowest BCUT2D eigenvalue weighted by atomic mass is 9.94. The van der Waals surface area contributed by atoms with Gasteiger partial charge in [0.25, 0.3) is 0 Å². The third-order valence-corrected chi connectivity index (χ3v) is 5.10. The maximum atomic E-state index is 11.8. The second kappa shape index (κ2) is 15.8. The van der Waals surface area contributed by atoms with Gasteiger partial charge in [0.05, 0.1) is 13.0 Å². The first-order chi connectivity index (χ1) is 13.6. The molecule has 0 bridgehead atoms. The summed E-state index contributed by atoms with van der Waals surface area (Å²) >= 11 is 0. The van der Waals surface area contributed by atoms with Crippen molar-refractivity contribution in [3.63, 3.8) is 0 Å². The van der Waals surface area contributed by atoms with Gasteiger partial charge in [-0.05, 0) is 31.6 Å². The van der Waals surface area contributed by atoms with E-state index >= 15 is 0 Å². The Hall–Kier alpha value is -0.990. The number of aliphatic hydroxyl groups is 5. The minimum absolute atomic E-state index is 0.0699. The van der Waals surface area contributed by atoms with Gasteiger partial charge in [0.15, 0.2) is 0 Å². The van der Waals surface area contributed by atoms with E-state index in [1.807, 2.05) is 6.92 Å². The van der Waals surface area contributed by atoms with Crippen molar-refractivity contribution in [2.75, 3.05) is 13.2 Å². The Kier molecular flexibility index (Phi) is 15.3. The fraction of sp³-hybridized carbons (Fsp3) is 0.864. The molecule has 0 rings (SSSR count). The number of aliphatic hydroxyl groups excluding tert-OH is 5. The zero-order valence-electron chi connectivity index (χ0n) is 18.5. The summed E-state index contributed by atoms with van der Waals surface area (Å²) in [6, 6.07) is 0. The number of allylic oxidation sites excluding steroid dienone is 1. The maximum Gasteiger partial charge on any atom is 0.309 e. The third kappa shape index (κ3) is 13.8. The van der Waals surface area contributed by atoms with Crippen LogP contribution in [0.25, 0.3) is 0 Å². The molecule has 0 saturated heterocycles. The summed E-state index contributed by atoms with van der Waals surface area (Å²) in [4.78, 5) is 11.8. The van der Waals surface area contributed by atoms with Crippen LogP contribution in [-0.4, -0.2) is 69.1 Å². The zero-order valence-corrected chi connectivity index (χ0v) is 18.5. The van der Waals surface area contributed by atoms with Gasteiger partial charge < -0.3 is 30.3 Å². The fourth-order valence-electron chi connectivity index (χ4n) is 3.01. The van der Waals surface area contributed by atoms with Crippen LogP contribution in [0.5, 0.6) is 0 Å². The van der Waals surface area contributed by atoms with Crippen molar-refractivity contribution in [2.45, 2.75) is 97.1 Å². The van der Waals surface area contributed by atoms with Gasteiger partial charge in [-0.1, -0.05) is 58.1 Å². The van der Waals surface area contributed by atoms with E-state index in [9.17, 15) is 25.2 Å². The molecular formula is C22H42O7. The predicted octanol–water partition coefficient (Wildman–Crippen LogP) is 1.93. The fourth-order valence-corrected chi connectivity index (χ4v) is 3.01. The molecule has 0 amide bonds. The molecule has 7 heteroatoms. The van der Waals surface area contributed by atoms with E-state index in [1.54, 1.807) is 6.08 Å². The molecule has 5 N–H and O–H groups in total. The summed E-state index contributed by atoms with van der Waals surface area (Å²) in [7, 11) is 0. The summed E-state index contributed by atoms with van der Waals surface area (Å²) < 4.78 is 4.90. The Bertz CT molecular complexity index is 464. The average molecular weight is 419 g/mol. The number of carbonyl (C=O) groups excluding carboxylic acids is 1. The Labute approximate surface area is 175 Å². The minimum Gasteiger partial charge on any atom is -0.463 e. The number of ether oxygens (including phenoxy) is 1. The standard InChI is InChI=1S/C22H42O7/c1-15(2)7-5-8-16(3)9-6-10-17(4)11-12-20(26)29-14-19(25)22(28)21(27)18(24)13-23/h11,15-16,18-19,21-25,27-28H,5-10,12-14H2,1-4H3/b17-11+/t16?,18-,19-,21-,22-/m0/s1. The molecule has 0 radical (unpaired) electrons. The molecule has 0 fully saturated rings. The molecule has 7 nitrogen and oxygen atoms in total. The van der Waals surface area contributed by atoms with Crippen molar-refractivity contribution in [3.05, 3.63) is 11.6 Å². The van der Waals surface area contributed by atoms with E-state index in [2.05, 4.69) is 20.8 Å². The molecule has 0 saturated carbocycles. The van der Waals surface area contributed by atoms with Crippen molar-refractivity contribution < 1.29 is 35.1 Å². The largest absolute Gasteiger partial charge is 0.463 e. The summed E-state index contributed by atoms with van der Waals surface area (Å²) in [5, 5.41) is 46.9. The molecule has 0 aromatic heterocycles. The number of rotatable bonds is 16. The van der Waals surface area contributed by atoms with Gasteiger partial charge in [-0.25, -0.2) is 0 Å². The highest BCUT2D eigenvalue weighted by Crippen LogP contribution is 2.19. The van der Waals surface area contributed by atoms with Gasteiger partial charge in [0.2, 0.25) is 0 Å². The third-order valence-electron chi connectivity index (χ3n) is 5.10. The van der Waals surface area contributed by atoms with Gasteiger partial charge >= 0.3 is 5.97 Å². The molecule has 0 aliphatic heterocycles. The van der Waals surface area contributed by atoms with Crippen LogP contribution in [0.3, 0.4) is 0 Å². The van der Waals surface area contributed by atoms with Crippen molar-refractivity contribution in [1.29, 1.82) is 0 Å². The van der Waals surface area contributed by atoms with Gasteiger partial charge in [0.1, 0.15) is 31.0 Å². The van der Waals surface area contributed by atoms with Crippen molar-refractivity contribution in [3.8, 4) is 0 Å². The highest BCUT2D eigenvalue weighted by Gasteiger charge is 2.30. The molecule has 0 aliphatic carbocycles. The monoisotopic (exact) mass is 418 g/mol. The van der Waals surface area contributed by atoms with E-state index in [0.717, 1.165) is 24.3 Å². The second-order valence-corrected chi connectivity index (χ2v) is 8.56. The lowest BCUT2D eigenvalue weighted by Gasteiger charge is -2.25. The smallest absolute Gasteiger partial charge is 0.309 e. The molecule has 29 heavy (non-hydrogen) atoms. The van der Waals surface area contributed by atoms with Crippen LogP contribution in [0.2, 0.25) is 0 Å². The Morgan fingerprint density at radius 2 is 1.52 bits per heavy atom. The molecule has 0 heterocycles. The first-order valence-corrected chi connectivity index (χ1v) is 10.7. The van der Waals surface area contributed by atoms with Crippen LogP contribution in [0.4, 0.5) is 0 Å². The molecule has 0 spiro atoms. The van der Waals surface area contributed by atoms with Crippen LogP contribution in [0.15, 0.2) is 11.6 Å². The zero-order chi connectivity index (χ0) is 22.4. The first-order valence-electron chi connectivity index (χ1n) is 10.7. The quantitative estimate of drug-likeness (QED) is 0.191. The molecule has 0 aliphatic rings. The van der Waals surface area contributed by atoms with Gasteiger partial charge in [-0.2, -0.15) is 0 Å². The maximum absolute atomic E-state index is 11.8. The molecule has 172 valence electrons.